The van der Waals surface area contributed by atoms with Gasteiger partial charge in [0, 0.05) is 17.7 Å². The smallest absolute Gasteiger partial charge is 0.229 e. The molecule has 5 atom stereocenters. The lowest BCUT2D eigenvalue weighted by molar-refractivity contribution is -0.277. The van der Waals surface area contributed by atoms with Gasteiger partial charge in [0.2, 0.25) is 17.8 Å². The summed E-state index contributed by atoms with van der Waals surface area (Å²) in [6.07, 6.45) is 1.43. The molecule has 0 aromatic heterocycles. The van der Waals surface area contributed by atoms with Crippen LogP contribution in [0.15, 0.2) is 0 Å². The van der Waals surface area contributed by atoms with Gasteiger partial charge in [-0.25, -0.2) is 0 Å². The highest BCUT2D eigenvalue weighted by Gasteiger charge is 2.45. The number of phenolic OH excluding ortho intramolecular Hbond substituents is 1. The second-order valence-electron chi connectivity index (χ2n) is 8.96. The predicted octanol–water partition coefficient (Wildman–Crippen LogP) is 1.55. The summed E-state index contributed by atoms with van der Waals surface area (Å²) in [5.74, 6) is 0.306. The van der Waals surface area contributed by atoms with Crippen LogP contribution in [0.4, 0.5) is 0 Å². The first-order valence-electron chi connectivity index (χ1n) is 12.4. The van der Waals surface area contributed by atoms with Crippen molar-refractivity contribution in [2.45, 2.75) is 95.4 Å². The molecule has 0 amide bonds. The van der Waals surface area contributed by atoms with Gasteiger partial charge in [-0.15, -0.1) is 0 Å². The van der Waals surface area contributed by atoms with Gasteiger partial charge >= 0.3 is 0 Å². The summed E-state index contributed by atoms with van der Waals surface area (Å²) in [4.78, 5) is 0. The number of rotatable bonds is 15. The Morgan fingerprint density at radius 2 is 1.31 bits per heavy atom. The minimum Gasteiger partial charge on any atom is -0.504 e. The SMILES string of the molecule is COc1c(O)c(C)c(CCCCCCCCCCO)c(O[C@H]2O[C@H](CO)[C@@H](O)[C@H](O)[C@H]2O)c1OC. The van der Waals surface area contributed by atoms with Crippen molar-refractivity contribution in [3.8, 4) is 23.0 Å². The van der Waals surface area contributed by atoms with Gasteiger partial charge in [-0.1, -0.05) is 38.5 Å². The summed E-state index contributed by atoms with van der Waals surface area (Å²) in [7, 11) is 2.78. The van der Waals surface area contributed by atoms with E-state index in [-0.39, 0.29) is 29.6 Å². The maximum Gasteiger partial charge on any atom is 0.229 e. The fourth-order valence-electron chi connectivity index (χ4n) is 4.39. The Kier molecular flexibility index (Phi) is 12.3. The van der Waals surface area contributed by atoms with Crippen LogP contribution in [0.2, 0.25) is 0 Å². The number of methoxy groups -OCH3 is 2. The quantitative estimate of drug-likeness (QED) is 0.194. The van der Waals surface area contributed by atoms with Crippen molar-refractivity contribution in [1.29, 1.82) is 0 Å². The fraction of sp³-hybridized carbons (Fsp3) is 0.760. The number of phenols is 1. The summed E-state index contributed by atoms with van der Waals surface area (Å²) >= 11 is 0. The van der Waals surface area contributed by atoms with Crippen LogP contribution in [0, 0.1) is 6.92 Å². The zero-order valence-corrected chi connectivity index (χ0v) is 21.0. The van der Waals surface area contributed by atoms with Crippen LogP contribution < -0.4 is 14.2 Å². The Labute approximate surface area is 207 Å². The summed E-state index contributed by atoms with van der Waals surface area (Å²) in [6, 6.07) is 0. The number of ether oxygens (including phenoxy) is 4. The Bertz CT molecular complexity index is 769. The normalized spacial score (nSPS) is 24.4. The summed E-state index contributed by atoms with van der Waals surface area (Å²) in [6.45, 7) is 1.39. The van der Waals surface area contributed by atoms with Gasteiger partial charge in [-0.2, -0.15) is 0 Å². The Balaban J connectivity index is 2.20. The number of aliphatic hydroxyl groups excluding tert-OH is 5. The molecule has 1 aliphatic rings. The minimum atomic E-state index is -1.59. The van der Waals surface area contributed by atoms with Crippen LogP contribution >= 0.6 is 0 Å². The molecule has 0 bridgehead atoms. The second kappa shape index (κ2) is 14.7. The highest BCUT2D eigenvalue weighted by Crippen LogP contribution is 2.50. The molecule has 2 rings (SSSR count). The molecular formula is C25H42O10. The van der Waals surface area contributed by atoms with E-state index in [9.17, 15) is 25.5 Å². The minimum absolute atomic E-state index is 0.0659. The molecule has 0 spiro atoms. The van der Waals surface area contributed by atoms with Gasteiger partial charge in [-0.3, -0.25) is 0 Å². The molecule has 1 aliphatic heterocycles. The molecule has 202 valence electrons. The van der Waals surface area contributed by atoms with Gasteiger partial charge in [0.1, 0.15) is 24.4 Å². The van der Waals surface area contributed by atoms with Crippen LogP contribution in [0.25, 0.3) is 0 Å². The molecule has 0 saturated carbocycles. The van der Waals surface area contributed by atoms with E-state index in [1.165, 1.54) is 14.2 Å². The zero-order chi connectivity index (χ0) is 26.0. The molecule has 1 aromatic carbocycles. The van der Waals surface area contributed by atoms with E-state index < -0.39 is 37.3 Å². The third-order valence-corrected chi connectivity index (χ3v) is 6.54. The first kappa shape index (κ1) is 29.4. The van der Waals surface area contributed by atoms with Gasteiger partial charge in [0.05, 0.1) is 20.8 Å². The third kappa shape index (κ3) is 7.34. The molecule has 1 saturated heterocycles. The molecule has 6 N–H and O–H groups in total. The average molecular weight is 503 g/mol. The highest BCUT2D eigenvalue weighted by atomic mass is 16.7. The predicted molar refractivity (Wildman–Crippen MR) is 128 cm³/mol. The summed E-state index contributed by atoms with van der Waals surface area (Å²) in [5, 5.41) is 59.7. The van der Waals surface area contributed by atoms with E-state index >= 15 is 0 Å². The van der Waals surface area contributed by atoms with E-state index in [0.29, 0.717) is 17.5 Å². The van der Waals surface area contributed by atoms with Crippen LogP contribution in [0.1, 0.15) is 62.5 Å². The Hall–Kier alpha value is -1.82. The van der Waals surface area contributed by atoms with E-state index in [4.69, 9.17) is 24.1 Å². The lowest BCUT2D eigenvalue weighted by atomic mass is 9.97. The highest BCUT2D eigenvalue weighted by molar-refractivity contribution is 5.66. The number of aromatic hydroxyl groups is 1. The first-order chi connectivity index (χ1) is 16.8. The van der Waals surface area contributed by atoms with Crippen molar-refractivity contribution in [2.75, 3.05) is 27.4 Å². The van der Waals surface area contributed by atoms with Crippen molar-refractivity contribution in [1.82, 2.24) is 0 Å². The first-order valence-corrected chi connectivity index (χ1v) is 12.4. The number of hydrogen-bond donors (Lipinski definition) is 6. The maximum absolute atomic E-state index is 10.7. The second-order valence-corrected chi connectivity index (χ2v) is 8.96. The van der Waals surface area contributed by atoms with Crippen LogP contribution in [0.3, 0.4) is 0 Å². The number of hydrogen-bond acceptors (Lipinski definition) is 10. The largest absolute Gasteiger partial charge is 0.504 e. The van der Waals surface area contributed by atoms with E-state index in [1.54, 1.807) is 6.92 Å². The molecule has 10 nitrogen and oxygen atoms in total. The lowest BCUT2D eigenvalue weighted by Crippen LogP contribution is -2.60. The lowest BCUT2D eigenvalue weighted by Gasteiger charge is -2.40. The summed E-state index contributed by atoms with van der Waals surface area (Å²) in [5.41, 5.74) is 1.19. The number of benzene rings is 1. The van der Waals surface area contributed by atoms with Gasteiger partial charge in [0.15, 0.2) is 11.5 Å². The van der Waals surface area contributed by atoms with Crippen molar-refractivity contribution < 1.29 is 49.6 Å². The van der Waals surface area contributed by atoms with E-state index in [0.717, 1.165) is 51.4 Å². The van der Waals surface area contributed by atoms with Gasteiger partial charge < -0.3 is 49.6 Å². The summed E-state index contributed by atoms with van der Waals surface area (Å²) < 4.78 is 22.3. The average Bonchev–Trinajstić information content (AvgIpc) is 2.86. The van der Waals surface area contributed by atoms with Crippen molar-refractivity contribution >= 4 is 0 Å². The van der Waals surface area contributed by atoms with Crippen molar-refractivity contribution in [2.24, 2.45) is 0 Å². The van der Waals surface area contributed by atoms with Crippen molar-refractivity contribution in [3.05, 3.63) is 11.1 Å². The number of aliphatic hydroxyl groups is 5. The Morgan fingerprint density at radius 1 is 0.743 bits per heavy atom. The van der Waals surface area contributed by atoms with E-state index in [2.05, 4.69) is 0 Å². The molecular weight excluding hydrogens is 460 g/mol. The van der Waals surface area contributed by atoms with Crippen LogP contribution in [-0.4, -0.2) is 88.8 Å². The monoisotopic (exact) mass is 502 g/mol. The molecule has 10 heteroatoms. The van der Waals surface area contributed by atoms with Crippen LogP contribution in [0.5, 0.6) is 23.0 Å². The van der Waals surface area contributed by atoms with Gasteiger partial charge in [0.25, 0.3) is 0 Å². The van der Waals surface area contributed by atoms with Crippen molar-refractivity contribution in [3.63, 3.8) is 0 Å². The Morgan fingerprint density at radius 3 is 1.86 bits per heavy atom. The molecule has 35 heavy (non-hydrogen) atoms. The maximum atomic E-state index is 10.7. The fourth-order valence-corrected chi connectivity index (χ4v) is 4.39. The van der Waals surface area contributed by atoms with Crippen LogP contribution in [-0.2, 0) is 11.2 Å². The molecule has 0 unspecified atom stereocenters. The number of unbranched alkanes of at least 4 members (excludes halogenated alkanes) is 7. The standard InChI is InChI=1S/C25H42O10/c1-15-16(12-10-8-6-4-5-7-9-11-13-26)22(24(33-3)23(32-2)18(15)28)35-25-21(31)20(30)19(29)17(14-27)34-25/h17,19-21,25-31H,4-14H2,1-3H3/t17-,19-,20+,21-,25-/m1/s1. The molecule has 1 fully saturated rings. The third-order valence-electron chi connectivity index (χ3n) is 6.54. The van der Waals surface area contributed by atoms with E-state index in [1.807, 2.05) is 0 Å². The molecule has 1 aromatic rings. The zero-order valence-electron chi connectivity index (χ0n) is 21.0. The molecule has 0 aliphatic carbocycles. The van der Waals surface area contributed by atoms with Gasteiger partial charge in [-0.05, 0) is 26.2 Å². The molecule has 1 heterocycles. The molecule has 0 radical (unpaired) electrons. The topological polar surface area (TPSA) is 158 Å².